The van der Waals surface area contributed by atoms with Crippen molar-refractivity contribution in [1.29, 1.82) is 0 Å². The van der Waals surface area contributed by atoms with Crippen LogP contribution in [0.5, 0.6) is 5.75 Å². The third kappa shape index (κ3) is 6.38. The molecular weight excluding hydrogens is 308 g/mol. The van der Waals surface area contributed by atoms with Gasteiger partial charge in [-0.2, -0.15) is 0 Å². The average Bonchev–Trinajstić information content (AvgIpc) is 2.59. The molecule has 0 aliphatic rings. The van der Waals surface area contributed by atoms with E-state index in [9.17, 15) is 4.79 Å². The largest absolute Gasteiger partial charge is 0.426 e. The third-order valence-electron chi connectivity index (χ3n) is 4.12. The summed E-state index contributed by atoms with van der Waals surface area (Å²) in [5, 5.41) is 0. The predicted molar refractivity (Wildman–Crippen MR) is 104 cm³/mol. The highest BCUT2D eigenvalue weighted by molar-refractivity contribution is 5.77. The van der Waals surface area contributed by atoms with Crippen molar-refractivity contribution < 1.29 is 9.53 Å². The fourth-order valence-corrected chi connectivity index (χ4v) is 2.39. The zero-order valence-electron chi connectivity index (χ0n) is 15.8. The highest BCUT2D eigenvalue weighted by atomic mass is 16.5. The zero-order valence-corrected chi connectivity index (χ0v) is 15.8. The lowest BCUT2D eigenvalue weighted by Crippen LogP contribution is -2.25. The number of carbonyl (C=O) groups is 1. The van der Waals surface area contributed by atoms with E-state index in [0.717, 1.165) is 12.8 Å². The Kier molecular flexibility index (Phi) is 6.81. The van der Waals surface area contributed by atoms with Crippen LogP contribution in [0.2, 0.25) is 0 Å². The molecule has 2 nitrogen and oxygen atoms in total. The van der Waals surface area contributed by atoms with E-state index in [-0.39, 0.29) is 5.97 Å². The highest BCUT2D eigenvalue weighted by Gasteiger charge is 2.23. The smallest absolute Gasteiger partial charge is 0.316 e. The average molecular weight is 337 g/mol. The van der Waals surface area contributed by atoms with Crippen LogP contribution in [0.4, 0.5) is 0 Å². The lowest BCUT2D eigenvalue weighted by molar-refractivity contribution is -0.142. The van der Waals surface area contributed by atoms with Crippen LogP contribution in [-0.2, 0) is 17.6 Å². The molecule has 1 radical (unpaired) electrons. The second-order valence-electron chi connectivity index (χ2n) is 7.54. The summed E-state index contributed by atoms with van der Waals surface area (Å²) in [4.78, 5) is 11.9. The Morgan fingerprint density at radius 2 is 1.56 bits per heavy atom. The van der Waals surface area contributed by atoms with E-state index in [2.05, 4.69) is 37.6 Å². The van der Waals surface area contributed by atoms with E-state index in [0.29, 0.717) is 5.75 Å². The van der Waals surface area contributed by atoms with Crippen LogP contribution in [0.25, 0.3) is 0 Å². The minimum Gasteiger partial charge on any atom is -0.426 e. The summed E-state index contributed by atoms with van der Waals surface area (Å²) < 4.78 is 5.39. The fourth-order valence-electron chi connectivity index (χ4n) is 2.39. The molecule has 0 spiro atoms. The first-order valence-electron chi connectivity index (χ1n) is 9.12. The van der Waals surface area contributed by atoms with Gasteiger partial charge in [-0.3, -0.25) is 4.79 Å². The van der Waals surface area contributed by atoms with E-state index in [1.165, 1.54) is 29.5 Å². The Morgan fingerprint density at radius 1 is 0.960 bits per heavy atom. The second-order valence-corrected chi connectivity index (χ2v) is 7.54. The van der Waals surface area contributed by atoms with Crippen LogP contribution in [0.3, 0.4) is 0 Å². The van der Waals surface area contributed by atoms with Crippen molar-refractivity contribution in [1.82, 2.24) is 0 Å². The predicted octanol–water partition coefficient (Wildman–Crippen LogP) is 5.78. The molecule has 2 aromatic carbocycles. The van der Waals surface area contributed by atoms with Crippen LogP contribution >= 0.6 is 0 Å². The van der Waals surface area contributed by atoms with Gasteiger partial charge < -0.3 is 4.74 Å². The molecule has 0 saturated heterocycles. The van der Waals surface area contributed by atoms with Crippen LogP contribution in [0, 0.1) is 11.8 Å². The van der Waals surface area contributed by atoms with Gasteiger partial charge in [0.25, 0.3) is 0 Å². The van der Waals surface area contributed by atoms with Gasteiger partial charge in [0.1, 0.15) is 5.75 Å². The van der Waals surface area contributed by atoms with Crippen molar-refractivity contribution in [3.63, 3.8) is 0 Å². The summed E-state index contributed by atoms with van der Waals surface area (Å²) in [5.74, 6) is 0.388. The summed E-state index contributed by atoms with van der Waals surface area (Å²) in [6, 6.07) is 16.6. The number of ether oxygens (including phenoxy) is 1. The molecule has 0 fully saturated rings. The SMILES string of the molecule is CCCCc1ccc([CH]Cc2ccc(OC(=O)C(C)(C)C)cc2)cc1. The van der Waals surface area contributed by atoms with E-state index in [1.54, 1.807) is 0 Å². The van der Waals surface area contributed by atoms with Crippen molar-refractivity contribution in [2.24, 2.45) is 5.41 Å². The van der Waals surface area contributed by atoms with Crippen molar-refractivity contribution >= 4 is 5.97 Å². The van der Waals surface area contributed by atoms with Gasteiger partial charge >= 0.3 is 5.97 Å². The van der Waals surface area contributed by atoms with Gasteiger partial charge in [0.2, 0.25) is 0 Å². The number of aryl methyl sites for hydroxylation is 1. The molecule has 25 heavy (non-hydrogen) atoms. The van der Waals surface area contributed by atoms with Crippen molar-refractivity contribution in [3.05, 3.63) is 71.6 Å². The van der Waals surface area contributed by atoms with Crippen molar-refractivity contribution in [2.45, 2.75) is 53.4 Å². The van der Waals surface area contributed by atoms with Crippen molar-refractivity contribution in [3.8, 4) is 5.75 Å². The molecule has 0 unspecified atom stereocenters. The number of esters is 1. The van der Waals surface area contributed by atoms with Gasteiger partial charge in [-0.1, -0.05) is 49.7 Å². The molecule has 2 rings (SSSR count). The number of unbranched alkanes of at least 4 members (excludes halogenated alkanes) is 1. The number of benzene rings is 2. The normalized spacial score (nSPS) is 11.4. The third-order valence-corrected chi connectivity index (χ3v) is 4.12. The fraction of sp³-hybridized carbons (Fsp3) is 0.391. The second kappa shape index (κ2) is 8.84. The molecule has 2 heteroatoms. The van der Waals surface area contributed by atoms with Crippen LogP contribution in [0.1, 0.15) is 57.2 Å². The molecular formula is C23H29O2. The Bertz CT molecular complexity index is 661. The van der Waals surface area contributed by atoms with Crippen LogP contribution in [-0.4, -0.2) is 5.97 Å². The van der Waals surface area contributed by atoms with Gasteiger partial charge in [0, 0.05) is 0 Å². The van der Waals surface area contributed by atoms with E-state index >= 15 is 0 Å². The van der Waals surface area contributed by atoms with Gasteiger partial charge in [-0.25, -0.2) is 0 Å². The first-order valence-corrected chi connectivity index (χ1v) is 9.12. The maximum Gasteiger partial charge on any atom is 0.316 e. The first-order chi connectivity index (χ1) is 11.9. The zero-order chi connectivity index (χ0) is 18.3. The first kappa shape index (κ1) is 19.2. The molecule has 0 N–H and O–H groups in total. The number of rotatable bonds is 7. The molecule has 0 saturated carbocycles. The molecule has 133 valence electrons. The molecule has 0 amide bonds. The van der Waals surface area contributed by atoms with E-state index < -0.39 is 5.41 Å². The minimum absolute atomic E-state index is 0.213. The summed E-state index contributed by atoms with van der Waals surface area (Å²) in [5.41, 5.74) is 3.36. The number of carbonyl (C=O) groups excluding carboxylic acids is 1. The van der Waals surface area contributed by atoms with Gasteiger partial charge in [0.05, 0.1) is 5.41 Å². The summed E-state index contributed by atoms with van der Waals surface area (Å²) in [6.45, 7) is 7.78. The van der Waals surface area contributed by atoms with Crippen LogP contribution < -0.4 is 4.74 Å². The lowest BCUT2D eigenvalue weighted by atomic mass is 9.97. The maximum absolute atomic E-state index is 11.9. The molecule has 0 aliphatic carbocycles. The standard InChI is InChI=1S/C23H29O2/c1-5-6-7-18-8-10-19(11-9-18)12-13-20-14-16-21(17-15-20)25-22(24)23(2,3)4/h8-12,14-17H,5-7,13H2,1-4H3. The highest BCUT2D eigenvalue weighted by Crippen LogP contribution is 2.20. The maximum atomic E-state index is 11.9. The Morgan fingerprint density at radius 3 is 2.12 bits per heavy atom. The van der Waals surface area contributed by atoms with Crippen molar-refractivity contribution in [2.75, 3.05) is 0 Å². The number of hydrogen-bond acceptors (Lipinski definition) is 2. The molecule has 0 aromatic heterocycles. The van der Waals surface area contributed by atoms with Gasteiger partial charge in [-0.15, -0.1) is 0 Å². The number of hydrogen-bond donors (Lipinski definition) is 0. The Balaban J connectivity index is 1.86. The topological polar surface area (TPSA) is 26.3 Å². The molecule has 0 aliphatic heterocycles. The molecule has 2 aromatic rings. The Hall–Kier alpha value is -2.09. The van der Waals surface area contributed by atoms with Gasteiger partial charge in [0.15, 0.2) is 0 Å². The Labute approximate surface area is 152 Å². The molecule has 0 heterocycles. The van der Waals surface area contributed by atoms with Crippen LogP contribution in [0.15, 0.2) is 48.5 Å². The lowest BCUT2D eigenvalue weighted by Gasteiger charge is -2.16. The minimum atomic E-state index is -0.490. The quantitative estimate of drug-likeness (QED) is 0.473. The summed E-state index contributed by atoms with van der Waals surface area (Å²) in [7, 11) is 0. The monoisotopic (exact) mass is 337 g/mol. The van der Waals surface area contributed by atoms with Gasteiger partial charge in [-0.05, 0) is 75.3 Å². The summed E-state index contributed by atoms with van der Waals surface area (Å²) >= 11 is 0. The molecule has 0 bridgehead atoms. The van der Waals surface area contributed by atoms with E-state index in [1.807, 2.05) is 45.0 Å². The summed E-state index contributed by atoms with van der Waals surface area (Å²) in [6.07, 6.45) is 6.72. The van der Waals surface area contributed by atoms with E-state index in [4.69, 9.17) is 4.74 Å². The molecule has 0 atom stereocenters.